The van der Waals surface area contributed by atoms with Gasteiger partial charge >= 0.3 is 5.97 Å². The number of nitrogens with zero attached hydrogens (tertiary/aromatic N) is 2. The van der Waals surface area contributed by atoms with E-state index in [1.807, 2.05) is 41.9 Å². The molecule has 0 radical (unpaired) electrons. The Kier molecular flexibility index (Phi) is 6.89. The first kappa shape index (κ1) is 22.7. The van der Waals surface area contributed by atoms with Crippen molar-refractivity contribution in [2.24, 2.45) is 0 Å². The van der Waals surface area contributed by atoms with E-state index in [1.165, 1.54) is 17.7 Å². The normalized spacial score (nSPS) is 10.9. The first-order chi connectivity index (χ1) is 15.9. The maximum absolute atomic E-state index is 13.5. The van der Waals surface area contributed by atoms with Gasteiger partial charge in [0, 0.05) is 22.1 Å². The summed E-state index contributed by atoms with van der Waals surface area (Å²) in [5.41, 5.74) is 5.09. The fourth-order valence-electron chi connectivity index (χ4n) is 3.57. The third-order valence-corrected chi connectivity index (χ3v) is 6.12. The fraction of sp³-hybridized carbons (Fsp3) is 0.154. The lowest BCUT2D eigenvalue weighted by atomic mass is 10.1. The van der Waals surface area contributed by atoms with Crippen LogP contribution in [0.4, 0.5) is 4.39 Å². The van der Waals surface area contributed by atoms with Crippen LogP contribution < -0.4 is 4.74 Å². The zero-order valence-corrected chi connectivity index (χ0v) is 19.5. The number of aromatic nitrogens is 2. The summed E-state index contributed by atoms with van der Waals surface area (Å²) in [6.07, 6.45) is 0.774. The number of halogens is 2. The van der Waals surface area contributed by atoms with Crippen LogP contribution in [0, 0.1) is 12.7 Å². The van der Waals surface area contributed by atoms with Crippen molar-refractivity contribution < 1.29 is 19.0 Å². The van der Waals surface area contributed by atoms with E-state index < -0.39 is 12.6 Å². The molecule has 168 valence electrons. The highest BCUT2D eigenvalue weighted by Gasteiger charge is 2.17. The third kappa shape index (κ3) is 5.49. The highest BCUT2D eigenvalue weighted by molar-refractivity contribution is 9.10. The minimum atomic E-state index is -1.05. The lowest BCUT2D eigenvalue weighted by Crippen LogP contribution is -2.10. The molecule has 0 unspecified atom stereocenters. The summed E-state index contributed by atoms with van der Waals surface area (Å²) >= 11 is 3.55. The summed E-state index contributed by atoms with van der Waals surface area (Å²) in [4.78, 5) is 11.1. The molecule has 1 aromatic heterocycles. The Morgan fingerprint density at radius 2 is 1.82 bits per heavy atom. The van der Waals surface area contributed by atoms with Crippen LogP contribution in [0.5, 0.6) is 5.75 Å². The maximum atomic E-state index is 13.5. The van der Waals surface area contributed by atoms with E-state index in [4.69, 9.17) is 14.9 Å². The molecule has 4 rings (SSSR count). The number of carboxylic acid groups (broad SMARTS) is 1. The highest BCUT2D eigenvalue weighted by atomic mass is 79.9. The second-order valence-electron chi connectivity index (χ2n) is 7.66. The van der Waals surface area contributed by atoms with Crippen molar-refractivity contribution in [3.8, 4) is 28.3 Å². The Morgan fingerprint density at radius 3 is 2.52 bits per heavy atom. The van der Waals surface area contributed by atoms with Crippen LogP contribution in [0.3, 0.4) is 0 Å². The molecule has 5 nitrogen and oxygen atoms in total. The van der Waals surface area contributed by atoms with Crippen molar-refractivity contribution >= 4 is 21.9 Å². The minimum absolute atomic E-state index is 0.304. The Morgan fingerprint density at radius 1 is 1.09 bits per heavy atom. The van der Waals surface area contributed by atoms with E-state index >= 15 is 0 Å². The largest absolute Gasteiger partial charge is 0.481 e. The molecule has 1 N–H and O–H groups in total. The van der Waals surface area contributed by atoms with Gasteiger partial charge in [0.05, 0.1) is 11.4 Å². The number of rotatable bonds is 8. The second kappa shape index (κ2) is 10.0. The topological polar surface area (TPSA) is 64.3 Å². The second-order valence-corrected chi connectivity index (χ2v) is 8.51. The van der Waals surface area contributed by atoms with E-state index in [-0.39, 0.29) is 5.82 Å². The van der Waals surface area contributed by atoms with Crippen molar-refractivity contribution in [1.82, 2.24) is 9.78 Å². The number of carbonyl (C=O) groups is 1. The highest BCUT2D eigenvalue weighted by Crippen LogP contribution is 2.36. The number of carboxylic acids is 1. The summed E-state index contributed by atoms with van der Waals surface area (Å²) in [6.45, 7) is 2.08. The summed E-state index contributed by atoms with van der Waals surface area (Å²) in [5.74, 6) is -0.917. The van der Waals surface area contributed by atoms with Gasteiger partial charge in [0.15, 0.2) is 6.61 Å². The van der Waals surface area contributed by atoms with Gasteiger partial charge in [0.1, 0.15) is 11.6 Å². The molecule has 0 amide bonds. The average Bonchev–Trinajstić information content (AvgIpc) is 3.23. The van der Waals surface area contributed by atoms with Gasteiger partial charge in [0.2, 0.25) is 0 Å². The van der Waals surface area contributed by atoms with E-state index in [9.17, 15) is 9.18 Å². The van der Waals surface area contributed by atoms with Crippen molar-refractivity contribution in [2.75, 3.05) is 6.61 Å². The Bertz CT molecular complexity index is 1270. The van der Waals surface area contributed by atoms with Crippen LogP contribution in [-0.4, -0.2) is 27.5 Å². The van der Waals surface area contributed by atoms with Gasteiger partial charge < -0.3 is 9.84 Å². The zero-order chi connectivity index (χ0) is 23.4. The van der Waals surface area contributed by atoms with Gasteiger partial charge in [0.25, 0.3) is 0 Å². The molecule has 0 saturated carbocycles. The molecule has 0 atom stereocenters. The van der Waals surface area contributed by atoms with Gasteiger partial charge in [-0.15, -0.1) is 0 Å². The lowest BCUT2D eigenvalue weighted by molar-refractivity contribution is -0.139. The quantitative estimate of drug-likeness (QED) is 0.310. The molecule has 0 aliphatic carbocycles. The Labute approximate surface area is 199 Å². The van der Waals surface area contributed by atoms with Crippen LogP contribution in [0.25, 0.3) is 22.5 Å². The summed E-state index contributed by atoms with van der Waals surface area (Å²) in [5, 5.41) is 13.9. The molecular formula is C26H22BrFN2O3. The fourth-order valence-corrected chi connectivity index (χ4v) is 3.91. The van der Waals surface area contributed by atoms with E-state index in [0.717, 1.165) is 27.7 Å². The number of hydrogen-bond acceptors (Lipinski definition) is 3. The molecule has 0 fully saturated rings. The molecule has 0 spiro atoms. The standard InChI is InChI=1S/C26H22BrFN2O3/c1-17-13-25(33-16-26(31)32)21(14-22(17)27)23-15-24(19-7-9-20(28)10-8-19)30(29-23)12-11-18-5-3-2-4-6-18/h2-10,13-15H,11-12,16H2,1H3,(H,31,32). The monoisotopic (exact) mass is 508 g/mol. The SMILES string of the molecule is Cc1cc(OCC(=O)O)c(-c2cc(-c3ccc(F)cc3)n(CCc3ccccc3)n2)cc1Br. The molecule has 4 aromatic rings. The first-order valence-corrected chi connectivity index (χ1v) is 11.2. The van der Waals surface area contributed by atoms with Crippen molar-refractivity contribution in [1.29, 1.82) is 0 Å². The molecule has 0 aliphatic rings. The molecule has 1 heterocycles. The number of aliphatic carboxylic acids is 1. The van der Waals surface area contributed by atoms with Crippen molar-refractivity contribution in [2.45, 2.75) is 19.9 Å². The first-order valence-electron chi connectivity index (χ1n) is 10.4. The summed E-state index contributed by atoms with van der Waals surface area (Å²) < 4.78 is 21.9. The van der Waals surface area contributed by atoms with Crippen molar-refractivity contribution in [3.05, 3.63) is 94.2 Å². The molecule has 7 heteroatoms. The molecule has 3 aromatic carbocycles. The minimum Gasteiger partial charge on any atom is -0.481 e. The molecule has 0 aliphatic heterocycles. The summed E-state index contributed by atoms with van der Waals surface area (Å²) in [7, 11) is 0. The van der Waals surface area contributed by atoms with Gasteiger partial charge in [-0.05, 0) is 66.9 Å². The zero-order valence-electron chi connectivity index (χ0n) is 18.0. The number of benzene rings is 3. The van der Waals surface area contributed by atoms with Gasteiger partial charge in [-0.3, -0.25) is 4.68 Å². The van der Waals surface area contributed by atoms with E-state index in [0.29, 0.717) is 23.6 Å². The molecular weight excluding hydrogens is 487 g/mol. The van der Waals surface area contributed by atoms with Gasteiger partial charge in [-0.2, -0.15) is 5.10 Å². The van der Waals surface area contributed by atoms with Crippen LogP contribution in [-0.2, 0) is 17.8 Å². The maximum Gasteiger partial charge on any atom is 0.341 e. The van der Waals surface area contributed by atoms with Crippen LogP contribution in [0.1, 0.15) is 11.1 Å². The van der Waals surface area contributed by atoms with Gasteiger partial charge in [-0.25, -0.2) is 9.18 Å². The van der Waals surface area contributed by atoms with Gasteiger partial charge in [-0.1, -0.05) is 46.3 Å². The molecule has 0 saturated heterocycles. The van der Waals surface area contributed by atoms with E-state index in [2.05, 4.69) is 28.1 Å². The average molecular weight is 509 g/mol. The molecule has 33 heavy (non-hydrogen) atoms. The smallest absolute Gasteiger partial charge is 0.341 e. The number of aryl methyl sites for hydroxylation is 3. The predicted molar refractivity (Wildman–Crippen MR) is 129 cm³/mol. The lowest BCUT2D eigenvalue weighted by Gasteiger charge is -2.11. The van der Waals surface area contributed by atoms with E-state index in [1.54, 1.807) is 18.2 Å². The molecule has 0 bridgehead atoms. The van der Waals surface area contributed by atoms with Crippen molar-refractivity contribution in [3.63, 3.8) is 0 Å². The predicted octanol–water partition coefficient (Wildman–Crippen LogP) is 6.13. The summed E-state index contributed by atoms with van der Waals surface area (Å²) in [6, 6.07) is 22.0. The Hall–Kier alpha value is -3.45. The Balaban J connectivity index is 1.77. The number of hydrogen-bond donors (Lipinski definition) is 1. The van der Waals surface area contributed by atoms with Crippen LogP contribution >= 0.6 is 15.9 Å². The third-order valence-electron chi connectivity index (χ3n) is 5.26. The number of ether oxygens (including phenoxy) is 1. The van der Waals surface area contributed by atoms with Crippen LogP contribution in [0.15, 0.2) is 77.3 Å². The van der Waals surface area contributed by atoms with Crippen LogP contribution in [0.2, 0.25) is 0 Å².